The van der Waals surface area contributed by atoms with Crippen molar-refractivity contribution in [1.82, 2.24) is 0 Å². The molecule has 2 rings (SSSR count). The van der Waals surface area contributed by atoms with Crippen LogP contribution in [0, 0.1) is 0 Å². The smallest absolute Gasteiger partial charge is 0.350 e. The van der Waals surface area contributed by atoms with Crippen molar-refractivity contribution >= 4 is 39.1 Å². The second kappa shape index (κ2) is 5.86. The molecule has 0 bridgehead atoms. The van der Waals surface area contributed by atoms with Gasteiger partial charge in [-0.3, -0.25) is 0 Å². The number of carbonyl (C=O) groups is 2. The lowest BCUT2D eigenvalue weighted by Gasteiger charge is -2.29. The first kappa shape index (κ1) is 17.3. The van der Waals surface area contributed by atoms with E-state index in [4.69, 9.17) is 21.1 Å². The normalized spacial score (nSPS) is 17.3. The summed E-state index contributed by atoms with van der Waals surface area (Å²) in [6, 6.07) is 4.03. The summed E-state index contributed by atoms with van der Waals surface area (Å²) in [5.74, 6) is -2.98. The Morgan fingerprint density at radius 2 is 1.74 bits per heavy atom. The molecule has 1 aromatic rings. The third-order valence-corrected chi connectivity index (χ3v) is 4.28. The molecule has 1 aliphatic heterocycles. The van der Waals surface area contributed by atoms with Gasteiger partial charge in [0.15, 0.2) is 15.4 Å². The van der Waals surface area contributed by atoms with Crippen LogP contribution >= 0.6 is 11.6 Å². The highest BCUT2D eigenvalue weighted by Crippen LogP contribution is 2.27. The Morgan fingerprint density at radius 1 is 1.17 bits per heavy atom. The maximum atomic E-state index is 11.8. The molecule has 0 unspecified atom stereocenters. The maximum Gasteiger partial charge on any atom is 0.350 e. The van der Waals surface area contributed by atoms with E-state index in [1.165, 1.54) is 32.0 Å². The van der Waals surface area contributed by atoms with E-state index in [1.54, 1.807) is 0 Å². The molecule has 1 heterocycles. The number of hydrogen-bond donors (Lipinski definition) is 1. The van der Waals surface area contributed by atoms with Crippen LogP contribution in [0.5, 0.6) is 0 Å². The van der Waals surface area contributed by atoms with E-state index >= 15 is 0 Å². The Kier molecular flexibility index (Phi) is 4.41. The topological polar surface area (TPSA) is 98.8 Å². The van der Waals surface area contributed by atoms with Crippen LogP contribution in [0.1, 0.15) is 13.8 Å². The van der Waals surface area contributed by atoms with Gasteiger partial charge >= 0.3 is 11.9 Å². The van der Waals surface area contributed by atoms with Gasteiger partial charge in [-0.2, -0.15) is 0 Å². The molecule has 124 valence electrons. The van der Waals surface area contributed by atoms with Gasteiger partial charge in [-0.15, -0.1) is 0 Å². The molecule has 0 saturated carbocycles. The van der Waals surface area contributed by atoms with Gasteiger partial charge in [-0.1, -0.05) is 11.6 Å². The van der Waals surface area contributed by atoms with Crippen LogP contribution in [0.15, 0.2) is 34.9 Å². The Labute approximate surface area is 138 Å². The number of cyclic esters (lactones) is 2. The molecule has 0 radical (unpaired) electrons. The summed E-state index contributed by atoms with van der Waals surface area (Å²) < 4.78 is 32.7. The van der Waals surface area contributed by atoms with Crippen LogP contribution in [0.2, 0.25) is 5.02 Å². The van der Waals surface area contributed by atoms with Crippen LogP contribution in [-0.2, 0) is 28.9 Å². The molecule has 0 spiro atoms. The van der Waals surface area contributed by atoms with Gasteiger partial charge in [0, 0.05) is 26.3 Å². The lowest BCUT2D eigenvalue weighted by atomic mass is 10.2. The minimum absolute atomic E-state index is 0.0546. The van der Waals surface area contributed by atoms with E-state index in [0.29, 0.717) is 5.69 Å². The SMILES string of the molecule is CC1(C)OC(=O)C(=CNc2ccc(S(C)(=O)=O)cc2Cl)C(=O)O1. The second-order valence-corrected chi connectivity index (χ2v) is 7.72. The molecule has 1 aliphatic rings. The largest absolute Gasteiger partial charge is 0.419 e. The first-order valence-electron chi connectivity index (χ1n) is 6.42. The Bertz CT molecular complexity index is 791. The van der Waals surface area contributed by atoms with E-state index in [1.807, 2.05) is 0 Å². The van der Waals surface area contributed by atoms with Crippen LogP contribution in [0.4, 0.5) is 5.69 Å². The molecule has 9 heteroatoms. The van der Waals surface area contributed by atoms with Crippen LogP contribution < -0.4 is 5.32 Å². The molecule has 1 saturated heterocycles. The number of carbonyl (C=O) groups excluding carboxylic acids is 2. The van der Waals surface area contributed by atoms with Crippen molar-refractivity contribution in [3.63, 3.8) is 0 Å². The Hall–Kier alpha value is -2.06. The molecular formula is C14H14ClNO6S. The van der Waals surface area contributed by atoms with Gasteiger partial charge in [-0.25, -0.2) is 18.0 Å². The molecule has 23 heavy (non-hydrogen) atoms. The van der Waals surface area contributed by atoms with Crippen molar-refractivity contribution in [3.8, 4) is 0 Å². The zero-order valence-corrected chi connectivity index (χ0v) is 14.1. The van der Waals surface area contributed by atoms with E-state index in [0.717, 1.165) is 12.5 Å². The second-order valence-electron chi connectivity index (χ2n) is 5.30. The quantitative estimate of drug-likeness (QED) is 0.499. The van der Waals surface area contributed by atoms with Gasteiger partial charge in [-0.05, 0) is 18.2 Å². The van der Waals surface area contributed by atoms with Gasteiger partial charge in [0.05, 0.1) is 15.6 Å². The standard InChI is InChI=1S/C14H14ClNO6S/c1-14(2)21-12(17)9(13(18)22-14)7-16-11-5-4-8(6-10(11)15)23(3,19)20/h4-7,16H,1-3H3. The van der Waals surface area contributed by atoms with E-state index in [2.05, 4.69) is 5.32 Å². The third-order valence-electron chi connectivity index (χ3n) is 2.86. The number of hydrogen-bond acceptors (Lipinski definition) is 7. The average Bonchev–Trinajstić information content (AvgIpc) is 2.36. The van der Waals surface area contributed by atoms with Gasteiger partial charge < -0.3 is 14.8 Å². The average molecular weight is 360 g/mol. The fourth-order valence-electron chi connectivity index (χ4n) is 1.77. The van der Waals surface area contributed by atoms with Gasteiger partial charge in [0.25, 0.3) is 5.79 Å². The highest BCUT2D eigenvalue weighted by molar-refractivity contribution is 7.90. The maximum absolute atomic E-state index is 11.8. The number of esters is 2. The summed E-state index contributed by atoms with van der Waals surface area (Å²) in [7, 11) is -3.38. The molecule has 0 aromatic heterocycles. The molecule has 0 amide bonds. The third kappa shape index (κ3) is 4.02. The molecule has 1 N–H and O–H groups in total. The van der Waals surface area contributed by atoms with E-state index < -0.39 is 27.6 Å². The molecule has 1 fully saturated rings. The highest BCUT2D eigenvalue weighted by Gasteiger charge is 2.38. The van der Waals surface area contributed by atoms with Crippen molar-refractivity contribution in [2.24, 2.45) is 0 Å². The Morgan fingerprint density at radius 3 is 2.22 bits per heavy atom. The van der Waals surface area contributed by atoms with Crippen LogP contribution in [-0.4, -0.2) is 32.4 Å². The van der Waals surface area contributed by atoms with Crippen molar-refractivity contribution in [3.05, 3.63) is 35.0 Å². The molecule has 1 aromatic carbocycles. The lowest BCUT2D eigenvalue weighted by Crippen LogP contribution is -2.42. The van der Waals surface area contributed by atoms with Crippen molar-refractivity contribution in [1.29, 1.82) is 0 Å². The van der Waals surface area contributed by atoms with Gasteiger partial charge in [0.1, 0.15) is 0 Å². The number of ether oxygens (including phenoxy) is 2. The highest BCUT2D eigenvalue weighted by atomic mass is 35.5. The number of anilines is 1. The number of sulfone groups is 1. The van der Waals surface area contributed by atoms with Crippen LogP contribution in [0.3, 0.4) is 0 Å². The minimum atomic E-state index is -3.38. The molecule has 0 aliphatic carbocycles. The first-order chi connectivity index (χ1) is 10.5. The number of nitrogens with one attached hydrogen (secondary N) is 1. The molecule has 0 atom stereocenters. The van der Waals surface area contributed by atoms with Gasteiger partial charge in [0.2, 0.25) is 0 Å². The lowest BCUT2D eigenvalue weighted by molar-refractivity contribution is -0.222. The number of rotatable bonds is 3. The minimum Gasteiger partial charge on any atom is -0.419 e. The fourth-order valence-corrected chi connectivity index (χ4v) is 2.72. The summed E-state index contributed by atoms with van der Waals surface area (Å²) in [4.78, 5) is 23.6. The van der Waals surface area contributed by atoms with Crippen molar-refractivity contribution < 1.29 is 27.5 Å². The zero-order valence-electron chi connectivity index (χ0n) is 12.5. The van der Waals surface area contributed by atoms with Crippen molar-refractivity contribution in [2.75, 3.05) is 11.6 Å². The van der Waals surface area contributed by atoms with E-state index in [9.17, 15) is 18.0 Å². The zero-order chi connectivity index (χ0) is 17.4. The number of halogens is 1. The summed E-state index contributed by atoms with van der Waals surface area (Å²) in [6.45, 7) is 2.88. The summed E-state index contributed by atoms with van der Waals surface area (Å²) in [6.07, 6.45) is 2.16. The Balaban J connectivity index is 2.24. The molecule has 7 nitrogen and oxygen atoms in total. The predicted octanol–water partition coefficient (Wildman–Crippen LogP) is 1.88. The molecular weight excluding hydrogens is 346 g/mol. The summed E-state index contributed by atoms with van der Waals surface area (Å²) >= 11 is 5.98. The summed E-state index contributed by atoms with van der Waals surface area (Å²) in [5.41, 5.74) is -0.00965. The number of benzene rings is 1. The first-order valence-corrected chi connectivity index (χ1v) is 8.69. The summed E-state index contributed by atoms with van der Waals surface area (Å²) in [5, 5.41) is 2.77. The van der Waals surface area contributed by atoms with E-state index in [-0.39, 0.29) is 15.5 Å². The predicted molar refractivity (Wildman–Crippen MR) is 82.5 cm³/mol. The fraction of sp³-hybridized carbons (Fsp3) is 0.286. The van der Waals surface area contributed by atoms with Crippen molar-refractivity contribution in [2.45, 2.75) is 24.5 Å². The van der Waals surface area contributed by atoms with Crippen LogP contribution in [0.25, 0.3) is 0 Å². The monoisotopic (exact) mass is 359 g/mol.